The van der Waals surface area contributed by atoms with Crippen molar-refractivity contribution in [3.63, 3.8) is 0 Å². The molecule has 1 aromatic carbocycles. The van der Waals surface area contributed by atoms with E-state index in [0.29, 0.717) is 0 Å². The van der Waals surface area contributed by atoms with Gasteiger partial charge in [0.05, 0.1) is 13.2 Å². The van der Waals surface area contributed by atoms with Crippen molar-refractivity contribution in [3.05, 3.63) is 29.8 Å². The maximum Gasteiger partial charge on any atom is 0.119 e. The van der Waals surface area contributed by atoms with Gasteiger partial charge < -0.3 is 9.84 Å². The van der Waals surface area contributed by atoms with Crippen molar-refractivity contribution in [2.24, 2.45) is 0 Å². The average Bonchev–Trinajstić information content (AvgIpc) is 2.32. The van der Waals surface area contributed by atoms with Crippen molar-refractivity contribution in [1.82, 2.24) is 4.90 Å². The van der Waals surface area contributed by atoms with E-state index in [2.05, 4.69) is 17.0 Å². The molecular formula is C13H19NO2. The zero-order valence-corrected chi connectivity index (χ0v) is 9.72. The molecule has 1 aliphatic heterocycles. The number of benzene rings is 1. The summed E-state index contributed by atoms with van der Waals surface area (Å²) in [5.41, 5.74) is 1.27. The minimum Gasteiger partial charge on any atom is -0.497 e. The summed E-state index contributed by atoms with van der Waals surface area (Å²) in [5.74, 6) is 0.912. The van der Waals surface area contributed by atoms with Gasteiger partial charge in [0, 0.05) is 19.6 Å². The third-order valence-electron chi connectivity index (χ3n) is 3.10. The quantitative estimate of drug-likeness (QED) is 0.842. The average molecular weight is 221 g/mol. The molecule has 1 saturated heterocycles. The lowest BCUT2D eigenvalue weighted by molar-refractivity contribution is 0.0792. The fourth-order valence-corrected chi connectivity index (χ4v) is 2.11. The Bertz CT molecular complexity index is 332. The smallest absolute Gasteiger partial charge is 0.119 e. The Balaban J connectivity index is 1.93. The summed E-state index contributed by atoms with van der Waals surface area (Å²) in [7, 11) is 1.69. The molecule has 1 heterocycles. The fourth-order valence-electron chi connectivity index (χ4n) is 2.11. The van der Waals surface area contributed by atoms with Gasteiger partial charge in [0.1, 0.15) is 5.75 Å². The molecule has 0 aromatic heterocycles. The Hall–Kier alpha value is -1.06. The van der Waals surface area contributed by atoms with Crippen LogP contribution in [0.25, 0.3) is 0 Å². The van der Waals surface area contributed by atoms with E-state index >= 15 is 0 Å². The highest BCUT2D eigenvalue weighted by Gasteiger charge is 2.16. The van der Waals surface area contributed by atoms with Crippen molar-refractivity contribution in [2.75, 3.05) is 20.2 Å². The second-order valence-electron chi connectivity index (χ2n) is 4.36. The first-order valence-corrected chi connectivity index (χ1v) is 5.81. The molecule has 0 unspecified atom stereocenters. The van der Waals surface area contributed by atoms with Gasteiger partial charge in [-0.25, -0.2) is 0 Å². The molecule has 1 N–H and O–H groups in total. The van der Waals surface area contributed by atoms with E-state index in [-0.39, 0.29) is 6.10 Å². The zero-order valence-electron chi connectivity index (χ0n) is 9.72. The van der Waals surface area contributed by atoms with Gasteiger partial charge >= 0.3 is 0 Å². The van der Waals surface area contributed by atoms with E-state index < -0.39 is 0 Å². The van der Waals surface area contributed by atoms with E-state index in [9.17, 15) is 5.11 Å². The lowest BCUT2D eigenvalue weighted by atomic mass is 10.1. The van der Waals surface area contributed by atoms with Crippen LogP contribution in [0.4, 0.5) is 0 Å². The number of methoxy groups -OCH3 is 1. The first kappa shape index (κ1) is 11.4. The summed E-state index contributed by atoms with van der Waals surface area (Å²) in [4.78, 5) is 2.38. The molecular weight excluding hydrogens is 202 g/mol. The van der Waals surface area contributed by atoms with Crippen molar-refractivity contribution < 1.29 is 9.84 Å². The first-order valence-electron chi connectivity index (χ1n) is 5.81. The maximum absolute atomic E-state index is 9.43. The zero-order chi connectivity index (χ0) is 11.4. The third-order valence-corrected chi connectivity index (χ3v) is 3.10. The summed E-state index contributed by atoms with van der Waals surface area (Å²) in [6.07, 6.45) is 1.69. The summed E-state index contributed by atoms with van der Waals surface area (Å²) >= 11 is 0. The van der Waals surface area contributed by atoms with Crippen molar-refractivity contribution >= 4 is 0 Å². The normalized spacial score (nSPS) is 18.6. The number of aliphatic hydroxyl groups excluding tert-OH is 1. The van der Waals surface area contributed by atoms with Gasteiger partial charge in [-0.1, -0.05) is 12.1 Å². The first-order chi connectivity index (χ1) is 7.78. The van der Waals surface area contributed by atoms with E-state index in [1.54, 1.807) is 7.11 Å². The van der Waals surface area contributed by atoms with Gasteiger partial charge in [-0.15, -0.1) is 0 Å². The molecule has 1 aliphatic rings. The van der Waals surface area contributed by atoms with E-state index in [4.69, 9.17) is 4.74 Å². The van der Waals surface area contributed by atoms with Gasteiger partial charge in [0.15, 0.2) is 0 Å². The fraction of sp³-hybridized carbons (Fsp3) is 0.538. The van der Waals surface area contributed by atoms with Gasteiger partial charge in [0.25, 0.3) is 0 Å². The standard InChI is InChI=1S/C13H19NO2/c1-16-13-4-2-3-11(9-13)10-14-7-5-12(15)6-8-14/h2-4,9,12,15H,5-8,10H2,1H3. The monoisotopic (exact) mass is 221 g/mol. The summed E-state index contributed by atoms with van der Waals surface area (Å²) in [6.45, 7) is 2.92. The predicted octanol–water partition coefficient (Wildman–Crippen LogP) is 1.65. The lowest BCUT2D eigenvalue weighted by Crippen LogP contribution is -2.35. The number of likely N-dealkylation sites (tertiary alicyclic amines) is 1. The highest BCUT2D eigenvalue weighted by atomic mass is 16.5. The Morgan fingerprint density at radius 2 is 2.12 bits per heavy atom. The summed E-state index contributed by atoms with van der Waals surface area (Å²) in [5, 5.41) is 9.43. The molecule has 0 bridgehead atoms. The molecule has 3 heteroatoms. The highest BCUT2D eigenvalue weighted by molar-refractivity contribution is 5.28. The largest absolute Gasteiger partial charge is 0.497 e. The topological polar surface area (TPSA) is 32.7 Å². The molecule has 1 aromatic rings. The van der Waals surface area contributed by atoms with Crippen LogP contribution in [0.2, 0.25) is 0 Å². The van der Waals surface area contributed by atoms with Gasteiger partial charge in [0.2, 0.25) is 0 Å². The van der Waals surface area contributed by atoms with E-state index in [1.165, 1.54) is 5.56 Å². The molecule has 1 fully saturated rings. The van der Waals surface area contributed by atoms with Crippen LogP contribution in [-0.4, -0.2) is 36.3 Å². The molecule has 88 valence electrons. The molecule has 0 amide bonds. The SMILES string of the molecule is COc1cccc(CN2CCC(O)CC2)c1. The molecule has 0 aliphatic carbocycles. The Morgan fingerprint density at radius 3 is 2.81 bits per heavy atom. The van der Waals surface area contributed by atoms with Crippen LogP contribution in [0.5, 0.6) is 5.75 Å². The Labute approximate surface area is 96.6 Å². The number of nitrogens with zero attached hydrogens (tertiary/aromatic N) is 1. The van der Waals surface area contributed by atoms with Crippen molar-refractivity contribution in [1.29, 1.82) is 0 Å². The predicted molar refractivity (Wildman–Crippen MR) is 63.5 cm³/mol. The number of hydrogen-bond acceptors (Lipinski definition) is 3. The molecule has 0 radical (unpaired) electrons. The van der Waals surface area contributed by atoms with Crippen LogP contribution in [-0.2, 0) is 6.54 Å². The number of aliphatic hydroxyl groups is 1. The van der Waals surface area contributed by atoms with Crippen LogP contribution in [0.15, 0.2) is 24.3 Å². The van der Waals surface area contributed by atoms with Crippen molar-refractivity contribution in [2.45, 2.75) is 25.5 Å². The molecule has 16 heavy (non-hydrogen) atoms. The summed E-state index contributed by atoms with van der Waals surface area (Å²) < 4.78 is 5.20. The second-order valence-corrected chi connectivity index (χ2v) is 4.36. The highest BCUT2D eigenvalue weighted by Crippen LogP contribution is 2.17. The van der Waals surface area contributed by atoms with Gasteiger partial charge in [-0.2, -0.15) is 0 Å². The van der Waals surface area contributed by atoms with Crippen LogP contribution >= 0.6 is 0 Å². The van der Waals surface area contributed by atoms with E-state index in [1.807, 2.05) is 12.1 Å². The molecule has 2 rings (SSSR count). The van der Waals surface area contributed by atoms with Crippen LogP contribution < -0.4 is 4.74 Å². The van der Waals surface area contributed by atoms with Crippen molar-refractivity contribution in [3.8, 4) is 5.75 Å². The van der Waals surface area contributed by atoms with Crippen LogP contribution in [0.3, 0.4) is 0 Å². The van der Waals surface area contributed by atoms with E-state index in [0.717, 1.165) is 38.2 Å². The number of piperidine rings is 1. The Morgan fingerprint density at radius 1 is 1.38 bits per heavy atom. The maximum atomic E-state index is 9.43. The molecule has 0 spiro atoms. The molecule has 0 atom stereocenters. The minimum atomic E-state index is -0.0958. The number of rotatable bonds is 3. The molecule has 0 saturated carbocycles. The number of ether oxygens (including phenoxy) is 1. The lowest BCUT2D eigenvalue weighted by Gasteiger charge is -2.29. The van der Waals surface area contributed by atoms with Gasteiger partial charge in [-0.05, 0) is 30.5 Å². The Kier molecular flexibility index (Phi) is 3.80. The van der Waals surface area contributed by atoms with Crippen LogP contribution in [0, 0.1) is 0 Å². The third kappa shape index (κ3) is 2.97. The number of hydrogen-bond donors (Lipinski definition) is 1. The summed E-state index contributed by atoms with van der Waals surface area (Å²) in [6, 6.07) is 8.18. The van der Waals surface area contributed by atoms with Gasteiger partial charge in [-0.3, -0.25) is 4.90 Å². The second kappa shape index (κ2) is 5.32. The van der Waals surface area contributed by atoms with Crippen LogP contribution in [0.1, 0.15) is 18.4 Å². The molecule has 3 nitrogen and oxygen atoms in total. The minimum absolute atomic E-state index is 0.0958.